The van der Waals surface area contributed by atoms with Gasteiger partial charge in [-0.25, -0.2) is 22.2 Å². The van der Waals surface area contributed by atoms with Gasteiger partial charge in [0.15, 0.2) is 15.9 Å². The van der Waals surface area contributed by atoms with Crippen molar-refractivity contribution in [2.75, 3.05) is 19.3 Å². The number of carbonyl (C=O) groups excluding carboxylic acids is 1. The van der Waals surface area contributed by atoms with Gasteiger partial charge in [0.2, 0.25) is 11.7 Å². The van der Waals surface area contributed by atoms with Crippen molar-refractivity contribution in [3.05, 3.63) is 41.6 Å². The Morgan fingerprint density at radius 1 is 1.29 bits per heavy atom. The van der Waals surface area contributed by atoms with Crippen LogP contribution in [0.5, 0.6) is 5.75 Å². The van der Waals surface area contributed by atoms with Gasteiger partial charge in [0.1, 0.15) is 5.75 Å². The molecule has 3 unspecified atom stereocenters. The van der Waals surface area contributed by atoms with E-state index < -0.39 is 45.1 Å². The summed E-state index contributed by atoms with van der Waals surface area (Å²) >= 11 is 0. The molecule has 1 aliphatic heterocycles. The lowest BCUT2D eigenvalue weighted by molar-refractivity contribution is -0.153. The van der Waals surface area contributed by atoms with Crippen LogP contribution in [0.3, 0.4) is 0 Å². The number of amides is 1. The Morgan fingerprint density at radius 2 is 1.97 bits per heavy atom. The maximum Gasteiger partial charge on any atom is 0.451 e. The van der Waals surface area contributed by atoms with Gasteiger partial charge in [0.25, 0.3) is 11.8 Å². The maximum absolute atomic E-state index is 13.7. The number of aromatic nitrogens is 1. The molecule has 1 aromatic carbocycles. The second-order valence-corrected chi connectivity index (χ2v) is 10.9. The molecule has 1 aromatic heterocycles. The number of piperidine rings is 1. The van der Waals surface area contributed by atoms with Gasteiger partial charge < -0.3 is 14.1 Å². The Kier molecular flexibility index (Phi) is 5.50. The van der Waals surface area contributed by atoms with Crippen LogP contribution in [-0.4, -0.2) is 55.6 Å². The zero-order valence-corrected chi connectivity index (χ0v) is 19.1. The van der Waals surface area contributed by atoms with Crippen LogP contribution in [0.25, 0.3) is 0 Å². The number of fused-ring (bicyclic) bond motifs is 1. The second-order valence-electron chi connectivity index (χ2n) is 8.92. The standard InChI is InChI=1S/C21H21F5N2O5S/c1-11(19(2,22)23)32-15-5-4-13(34(3,30)31)6-14(15)17(29)28-9-12-7-20(12,10-28)18-27-8-16(33-18)21(24,25)26/h4-6,8,11-12H,7,9-10H2,1-3H3. The fourth-order valence-electron chi connectivity index (χ4n) is 4.08. The molecule has 13 heteroatoms. The van der Waals surface area contributed by atoms with E-state index >= 15 is 0 Å². The number of sulfone groups is 1. The quantitative estimate of drug-likeness (QED) is 0.550. The molecule has 1 aliphatic carbocycles. The van der Waals surface area contributed by atoms with E-state index in [1.165, 1.54) is 4.90 Å². The third-order valence-corrected chi connectivity index (χ3v) is 7.38. The van der Waals surface area contributed by atoms with Crippen LogP contribution in [0.2, 0.25) is 0 Å². The van der Waals surface area contributed by atoms with Crippen molar-refractivity contribution in [2.45, 2.75) is 48.8 Å². The van der Waals surface area contributed by atoms with Crippen LogP contribution < -0.4 is 4.74 Å². The molecule has 2 fully saturated rings. The van der Waals surface area contributed by atoms with Gasteiger partial charge in [-0.2, -0.15) is 13.2 Å². The smallest absolute Gasteiger partial charge is 0.451 e. The lowest BCUT2D eigenvalue weighted by Crippen LogP contribution is -2.35. The van der Waals surface area contributed by atoms with Crippen molar-refractivity contribution < 1.29 is 44.3 Å². The lowest BCUT2D eigenvalue weighted by Gasteiger charge is -2.25. The predicted octanol–water partition coefficient (Wildman–Crippen LogP) is 3.93. The summed E-state index contributed by atoms with van der Waals surface area (Å²) in [6.07, 6.45) is -4.31. The topological polar surface area (TPSA) is 89.7 Å². The Bertz CT molecular complexity index is 1240. The average molecular weight is 508 g/mol. The number of likely N-dealkylation sites (tertiary alicyclic amines) is 1. The number of carbonyl (C=O) groups is 1. The summed E-state index contributed by atoms with van der Waals surface area (Å²) in [7, 11) is -3.73. The first-order valence-corrected chi connectivity index (χ1v) is 12.1. The van der Waals surface area contributed by atoms with Gasteiger partial charge in [0.05, 0.1) is 22.1 Å². The molecular formula is C21H21F5N2O5S. The Balaban J connectivity index is 1.63. The summed E-state index contributed by atoms with van der Waals surface area (Å²) in [5.41, 5.74) is -1.11. The molecule has 2 aliphatic rings. The predicted molar refractivity (Wildman–Crippen MR) is 107 cm³/mol. The number of hydrogen-bond donors (Lipinski definition) is 0. The van der Waals surface area contributed by atoms with Gasteiger partial charge in [-0.15, -0.1) is 0 Å². The molecule has 0 N–H and O–H groups in total. The number of nitrogens with zero attached hydrogens (tertiary/aromatic N) is 2. The molecule has 0 radical (unpaired) electrons. The molecule has 7 nitrogen and oxygen atoms in total. The zero-order chi connectivity index (χ0) is 25.3. The van der Waals surface area contributed by atoms with E-state index in [4.69, 9.17) is 9.15 Å². The van der Waals surface area contributed by atoms with E-state index in [-0.39, 0.29) is 41.1 Å². The highest BCUT2D eigenvalue weighted by molar-refractivity contribution is 7.90. The molecular weight excluding hydrogens is 487 g/mol. The maximum atomic E-state index is 13.7. The van der Waals surface area contributed by atoms with E-state index in [1.54, 1.807) is 0 Å². The SMILES string of the molecule is CC(Oc1ccc(S(C)(=O)=O)cc1C(=O)N1CC2CC2(c2ncc(C(F)(F)F)o2)C1)C(C)(F)F. The third kappa shape index (κ3) is 4.37. The molecule has 0 spiro atoms. The van der Waals surface area contributed by atoms with Gasteiger partial charge in [-0.3, -0.25) is 4.79 Å². The van der Waals surface area contributed by atoms with E-state index in [0.29, 0.717) is 19.5 Å². The molecule has 2 heterocycles. The summed E-state index contributed by atoms with van der Waals surface area (Å²) in [4.78, 5) is 18.2. The fourth-order valence-corrected chi connectivity index (χ4v) is 4.73. The molecule has 34 heavy (non-hydrogen) atoms. The molecule has 186 valence electrons. The van der Waals surface area contributed by atoms with Gasteiger partial charge in [0, 0.05) is 26.3 Å². The van der Waals surface area contributed by atoms with Gasteiger partial charge >= 0.3 is 6.18 Å². The molecule has 4 rings (SSSR count). The lowest BCUT2D eigenvalue weighted by atomic mass is 10.1. The van der Waals surface area contributed by atoms with Gasteiger partial charge in [-0.1, -0.05) is 0 Å². The highest BCUT2D eigenvalue weighted by Crippen LogP contribution is 2.59. The van der Waals surface area contributed by atoms with Crippen LogP contribution in [0.15, 0.2) is 33.7 Å². The number of rotatable bonds is 6. The normalized spacial score (nSPS) is 23.5. The van der Waals surface area contributed by atoms with Crippen molar-refractivity contribution >= 4 is 15.7 Å². The monoisotopic (exact) mass is 508 g/mol. The summed E-state index contributed by atoms with van der Waals surface area (Å²) in [6.45, 7) is 1.90. The van der Waals surface area contributed by atoms with Crippen molar-refractivity contribution in [2.24, 2.45) is 5.92 Å². The summed E-state index contributed by atoms with van der Waals surface area (Å²) in [6, 6.07) is 3.34. The van der Waals surface area contributed by atoms with Crippen LogP contribution in [-0.2, 0) is 21.4 Å². The zero-order valence-electron chi connectivity index (χ0n) is 18.3. The minimum Gasteiger partial charge on any atom is -0.484 e. The average Bonchev–Trinajstić information content (AvgIpc) is 3.07. The summed E-state index contributed by atoms with van der Waals surface area (Å²) in [5, 5.41) is 0. The molecule has 1 saturated heterocycles. The minimum absolute atomic E-state index is 0.0175. The van der Waals surface area contributed by atoms with Crippen molar-refractivity contribution in [3.63, 3.8) is 0 Å². The molecule has 1 saturated carbocycles. The highest BCUT2D eigenvalue weighted by Gasteiger charge is 2.65. The Labute approximate surface area is 191 Å². The van der Waals surface area contributed by atoms with Crippen molar-refractivity contribution in [3.8, 4) is 5.75 Å². The number of benzene rings is 1. The third-order valence-electron chi connectivity index (χ3n) is 6.27. The summed E-state index contributed by atoms with van der Waals surface area (Å²) < 4.78 is 100. The molecule has 1 amide bonds. The number of hydrogen-bond acceptors (Lipinski definition) is 6. The van der Waals surface area contributed by atoms with Gasteiger partial charge in [-0.05, 0) is 37.5 Å². The van der Waals surface area contributed by atoms with Crippen molar-refractivity contribution in [1.82, 2.24) is 9.88 Å². The summed E-state index contributed by atoms with van der Waals surface area (Å²) in [5.74, 6) is -5.72. The number of oxazole rings is 1. The van der Waals surface area contributed by atoms with Crippen LogP contribution in [0, 0.1) is 5.92 Å². The molecule has 3 atom stereocenters. The minimum atomic E-state index is -4.70. The molecule has 0 bridgehead atoms. The Hall–Kier alpha value is -2.70. The van der Waals surface area contributed by atoms with E-state index in [1.807, 2.05) is 0 Å². The number of ether oxygens (including phenoxy) is 1. The van der Waals surface area contributed by atoms with Crippen LogP contribution in [0.4, 0.5) is 22.0 Å². The van der Waals surface area contributed by atoms with E-state index in [2.05, 4.69) is 4.98 Å². The number of halogens is 5. The number of alkyl halides is 5. The first-order chi connectivity index (χ1) is 15.5. The van der Waals surface area contributed by atoms with Crippen molar-refractivity contribution in [1.29, 1.82) is 0 Å². The molecule has 2 aromatic rings. The van der Waals surface area contributed by atoms with Crippen LogP contribution in [0.1, 0.15) is 42.3 Å². The first kappa shape index (κ1) is 24.4. The Morgan fingerprint density at radius 3 is 2.53 bits per heavy atom. The van der Waals surface area contributed by atoms with Crippen LogP contribution >= 0.6 is 0 Å². The fraction of sp³-hybridized carbons (Fsp3) is 0.524. The highest BCUT2D eigenvalue weighted by atomic mass is 32.2. The second kappa shape index (κ2) is 7.65. The van der Waals surface area contributed by atoms with E-state index in [0.717, 1.165) is 31.4 Å². The first-order valence-electron chi connectivity index (χ1n) is 10.2. The van der Waals surface area contributed by atoms with E-state index in [9.17, 15) is 35.2 Å². The largest absolute Gasteiger partial charge is 0.484 e.